The Bertz CT molecular complexity index is 1430. The second-order valence-corrected chi connectivity index (χ2v) is 8.95. The molecular weight excluding hydrogens is 468 g/mol. The van der Waals surface area contributed by atoms with E-state index in [1.54, 1.807) is 59.2 Å². The third kappa shape index (κ3) is 5.47. The first-order valence-electron chi connectivity index (χ1n) is 10.8. The van der Waals surface area contributed by atoms with Crippen LogP contribution in [-0.2, 0) is 22.6 Å². The van der Waals surface area contributed by atoms with E-state index in [2.05, 4.69) is 5.32 Å². The predicted molar refractivity (Wildman–Crippen MR) is 133 cm³/mol. The number of aromatic nitrogens is 1. The van der Waals surface area contributed by atoms with Crippen LogP contribution in [0.25, 0.3) is 10.2 Å². The normalized spacial score (nSPS) is 11.0. The van der Waals surface area contributed by atoms with E-state index in [9.17, 15) is 19.2 Å². The highest BCUT2D eigenvalue weighted by molar-refractivity contribution is 7.16. The molecule has 4 aromatic rings. The lowest BCUT2D eigenvalue weighted by Crippen LogP contribution is -2.25. The van der Waals surface area contributed by atoms with Gasteiger partial charge in [-0.3, -0.25) is 23.7 Å². The summed E-state index contributed by atoms with van der Waals surface area (Å²) in [6, 6.07) is 21.1. The van der Waals surface area contributed by atoms with Gasteiger partial charge in [0.05, 0.1) is 10.2 Å². The van der Waals surface area contributed by atoms with Gasteiger partial charge < -0.3 is 15.5 Å². The van der Waals surface area contributed by atoms with Crippen molar-refractivity contribution in [3.8, 4) is 0 Å². The van der Waals surface area contributed by atoms with Gasteiger partial charge in [0.15, 0.2) is 11.7 Å². The van der Waals surface area contributed by atoms with Crippen LogP contribution in [0.2, 0.25) is 0 Å². The number of carboxylic acid groups (broad SMARTS) is 2. The van der Waals surface area contributed by atoms with Crippen LogP contribution in [0.3, 0.4) is 0 Å². The summed E-state index contributed by atoms with van der Waals surface area (Å²) in [7, 11) is 0. The molecule has 1 aromatic heterocycles. The van der Waals surface area contributed by atoms with E-state index >= 15 is 0 Å². The molecule has 3 N–H and O–H groups in total. The molecule has 1 heterocycles. The second kappa shape index (κ2) is 10.4. The molecule has 9 heteroatoms. The number of fused-ring (bicyclic) bond motifs is 1. The molecular formula is C26H22N2O6S. The molecule has 0 aliphatic heterocycles. The first kappa shape index (κ1) is 23.9. The van der Waals surface area contributed by atoms with E-state index < -0.39 is 17.9 Å². The largest absolute Gasteiger partial charge is 0.481 e. The molecule has 0 aliphatic carbocycles. The van der Waals surface area contributed by atoms with Crippen molar-refractivity contribution in [2.45, 2.75) is 13.0 Å². The Hall–Kier alpha value is -4.24. The first-order valence-corrected chi connectivity index (χ1v) is 11.7. The zero-order chi connectivity index (χ0) is 24.9. The molecule has 8 nitrogen and oxygen atoms in total. The topological polar surface area (TPSA) is 126 Å². The van der Waals surface area contributed by atoms with E-state index in [0.717, 1.165) is 27.2 Å². The standard InChI is InChI=1S/C26H22N2O6S/c29-23(17-4-2-1-3-5-17)18-8-11-21-22(15-18)35-26(34)28(21)13-12-27-19-9-6-16(7-10-19)14-20(24(30)31)25(32)33/h1-11,15,20,27H,12-14H2,(H,30,31)(H,32,33). The molecule has 0 saturated heterocycles. The maximum Gasteiger partial charge on any atom is 0.318 e. The molecule has 0 unspecified atom stereocenters. The summed E-state index contributed by atoms with van der Waals surface area (Å²) in [4.78, 5) is 47.3. The van der Waals surface area contributed by atoms with Gasteiger partial charge in [-0.25, -0.2) is 0 Å². The number of hydrogen-bond donors (Lipinski definition) is 3. The summed E-state index contributed by atoms with van der Waals surface area (Å²) < 4.78 is 2.40. The van der Waals surface area contributed by atoms with Crippen molar-refractivity contribution in [1.82, 2.24) is 4.57 Å². The number of ketones is 1. The Labute approximate surface area is 204 Å². The second-order valence-electron chi connectivity index (χ2n) is 7.95. The van der Waals surface area contributed by atoms with Crippen LogP contribution in [0, 0.1) is 5.92 Å². The number of carbonyl (C=O) groups is 3. The van der Waals surface area contributed by atoms with Gasteiger partial charge in [-0.05, 0) is 42.3 Å². The molecule has 35 heavy (non-hydrogen) atoms. The van der Waals surface area contributed by atoms with Crippen LogP contribution in [0.4, 0.5) is 5.69 Å². The van der Waals surface area contributed by atoms with Crippen molar-refractivity contribution in [2.24, 2.45) is 5.92 Å². The van der Waals surface area contributed by atoms with Crippen LogP contribution >= 0.6 is 11.3 Å². The highest BCUT2D eigenvalue weighted by atomic mass is 32.1. The number of rotatable bonds is 10. The van der Waals surface area contributed by atoms with Crippen LogP contribution in [-0.4, -0.2) is 39.0 Å². The molecule has 0 fully saturated rings. The highest BCUT2D eigenvalue weighted by Gasteiger charge is 2.25. The van der Waals surface area contributed by atoms with Gasteiger partial charge in [-0.15, -0.1) is 0 Å². The third-order valence-corrected chi connectivity index (χ3v) is 6.56. The van der Waals surface area contributed by atoms with E-state index in [1.807, 2.05) is 18.2 Å². The quantitative estimate of drug-likeness (QED) is 0.228. The van der Waals surface area contributed by atoms with Crippen LogP contribution in [0.1, 0.15) is 21.5 Å². The number of aliphatic carboxylic acids is 2. The SMILES string of the molecule is O=C(c1ccccc1)c1ccc2c(c1)sc(=O)n2CCNc1ccc(CC(C(=O)O)C(=O)O)cc1. The molecule has 0 saturated carbocycles. The predicted octanol–water partition coefficient (Wildman–Crippen LogP) is 3.73. The van der Waals surface area contributed by atoms with Gasteiger partial charge in [0.1, 0.15) is 0 Å². The average Bonchev–Trinajstić information content (AvgIpc) is 3.17. The lowest BCUT2D eigenvalue weighted by molar-refractivity contribution is -0.154. The minimum Gasteiger partial charge on any atom is -0.481 e. The summed E-state index contributed by atoms with van der Waals surface area (Å²) in [6.07, 6.45) is -0.101. The van der Waals surface area contributed by atoms with E-state index in [-0.39, 0.29) is 17.1 Å². The van der Waals surface area contributed by atoms with Crippen molar-refractivity contribution in [2.75, 3.05) is 11.9 Å². The fraction of sp³-hybridized carbons (Fsp3) is 0.154. The average molecular weight is 491 g/mol. The lowest BCUT2D eigenvalue weighted by Gasteiger charge is -2.10. The molecule has 0 bridgehead atoms. The van der Waals surface area contributed by atoms with Crippen molar-refractivity contribution in [3.05, 3.63) is 99.2 Å². The number of benzene rings is 3. The van der Waals surface area contributed by atoms with Crippen LogP contribution < -0.4 is 10.2 Å². The Morgan fingerprint density at radius 1 is 0.886 bits per heavy atom. The van der Waals surface area contributed by atoms with Crippen molar-refractivity contribution < 1.29 is 24.6 Å². The molecule has 0 atom stereocenters. The minimum absolute atomic E-state index is 0.0944. The fourth-order valence-electron chi connectivity index (χ4n) is 3.76. The maximum atomic E-state index is 12.7. The van der Waals surface area contributed by atoms with Gasteiger partial charge in [0.25, 0.3) is 0 Å². The molecule has 3 aromatic carbocycles. The molecule has 0 amide bonds. The highest BCUT2D eigenvalue weighted by Crippen LogP contribution is 2.21. The van der Waals surface area contributed by atoms with Gasteiger partial charge in [-0.2, -0.15) is 0 Å². The number of carboxylic acids is 2. The number of anilines is 1. The van der Waals surface area contributed by atoms with Gasteiger partial charge in [0.2, 0.25) is 0 Å². The molecule has 4 rings (SSSR count). The Kier molecular flexibility index (Phi) is 7.07. The molecule has 0 spiro atoms. The summed E-state index contributed by atoms with van der Waals surface area (Å²) in [5, 5.41) is 21.3. The molecule has 0 radical (unpaired) electrons. The summed E-state index contributed by atoms with van der Waals surface area (Å²) in [6.45, 7) is 0.870. The third-order valence-electron chi connectivity index (χ3n) is 5.62. The first-order chi connectivity index (χ1) is 16.8. The molecule has 0 aliphatic rings. The number of nitrogens with one attached hydrogen (secondary N) is 1. The monoisotopic (exact) mass is 490 g/mol. The van der Waals surface area contributed by atoms with Crippen LogP contribution in [0.15, 0.2) is 77.6 Å². The number of carbonyl (C=O) groups excluding carboxylic acids is 1. The Balaban J connectivity index is 1.41. The number of thiazole rings is 1. The maximum absolute atomic E-state index is 12.7. The van der Waals surface area contributed by atoms with Crippen molar-refractivity contribution in [1.29, 1.82) is 0 Å². The van der Waals surface area contributed by atoms with Crippen molar-refractivity contribution in [3.63, 3.8) is 0 Å². The van der Waals surface area contributed by atoms with Crippen molar-refractivity contribution >= 4 is 45.0 Å². The Morgan fingerprint density at radius 3 is 2.23 bits per heavy atom. The van der Waals surface area contributed by atoms with E-state index in [0.29, 0.717) is 29.8 Å². The number of hydrogen-bond acceptors (Lipinski definition) is 6. The lowest BCUT2D eigenvalue weighted by atomic mass is 9.99. The zero-order valence-electron chi connectivity index (χ0n) is 18.5. The summed E-state index contributed by atoms with van der Waals surface area (Å²) in [5.74, 6) is -4.33. The minimum atomic E-state index is -1.49. The zero-order valence-corrected chi connectivity index (χ0v) is 19.3. The van der Waals surface area contributed by atoms with Gasteiger partial charge >= 0.3 is 16.8 Å². The molecule has 178 valence electrons. The number of nitrogens with zero attached hydrogens (tertiary/aromatic N) is 1. The van der Waals surface area contributed by atoms with Gasteiger partial charge in [0, 0.05) is 29.9 Å². The van der Waals surface area contributed by atoms with E-state index in [1.165, 1.54) is 0 Å². The Morgan fingerprint density at radius 2 is 1.57 bits per heavy atom. The summed E-state index contributed by atoms with van der Waals surface area (Å²) in [5.41, 5.74) is 3.25. The fourth-order valence-corrected chi connectivity index (χ4v) is 4.72. The van der Waals surface area contributed by atoms with E-state index in [4.69, 9.17) is 10.2 Å². The summed E-state index contributed by atoms with van der Waals surface area (Å²) >= 11 is 1.10. The van der Waals surface area contributed by atoms with Gasteiger partial charge in [-0.1, -0.05) is 53.8 Å². The smallest absolute Gasteiger partial charge is 0.318 e. The van der Waals surface area contributed by atoms with Crippen LogP contribution in [0.5, 0.6) is 0 Å².